The van der Waals surface area contributed by atoms with Crippen molar-refractivity contribution < 1.29 is 9.47 Å². The van der Waals surface area contributed by atoms with Gasteiger partial charge in [-0.15, -0.1) is 0 Å². The van der Waals surface area contributed by atoms with Gasteiger partial charge in [0, 0.05) is 37.7 Å². The number of likely N-dealkylation sites (tertiary alicyclic amines) is 2. The molecule has 0 amide bonds. The van der Waals surface area contributed by atoms with E-state index in [0.717, 1.165) is 19.8 Å². The predicted molar refractivity (Wildman–Crippen MR) is 77.9 cm³/mol. The molecule has 2 spiro atoms. The van der Waals surface area contributed by atoms with Gasteiger partial charge in [0.1, 0.15) is 0 Å². The van der Waals surface area contributed by atoms with Crippen LogP contribution in [0.25, 0.3) is 0 Å². The van der Waals surface area contributed by atoms with Crippen molar-refractivity contribution >= 4 is 0 Å². The van der Waals surface area contributed by atoms with E-state index in [1.165, 1.54) is 58.3 Å². The van der Waals surface area contributed by atoms with E-state index in [2.05, 4.69) is 16.8 Å². The monoisotopic (exact) mass is 280 g/mol. The van der Waals surface area contributed by atoms with E-state index in [1.54, 1.807) is 0 Å². The third-order valence-corrected chi connectivity index (χ3v) is 6.26. The lowest BCUT2D eigenvalue weighted by atomic mass is 9.86. The molecule has 2 unspecified atom stereocenters. The maximum Gasteiger partial charge on any atom is 0.0723 e. The van der Waals surface area contributed by atoms with Crippen LogP contribution in [0.1, 0.15) is 32.1 Å². The van der Waals surface area contributed by atoms with Crippen LogP contribution in [-0.2, 0) is 9.47 Å². The molecule has 4 saturated heterocycles. The molecule has 4 aliphatic heterocycles. The molecule has 0 bridgehead atoms. The van der Waals surface area contributed by atoms with Gasteiger partial charge in [0.25, 0.3) is 0 Å². The van der Waals surface area contributed by atoms with Crippen LogP contribution in [0.15, 0.2) is 0 Å². The van der Waals surface area contributed by atoms with Gasteiger partial charge in [-0.1, -0.05) is 0 Å². The largest absolute Gasteiger partial charge is 0.381 e. The summed E-state index contributed by atoms with van der Waals surface area (Å²) in [6.45, 7) is 7.83. The minimum absolute atomic E-state index is 0.207. The van der Waals surface area contributed by atoms with Crippen molar-refractivity contribution in [3.8, 4) is 0 Å². The molecule has 4 rings (SSSR count). The maximum absolute atomic E-state index is 6.31. The molecule has 0 aromatic rings. The summed E-state index contributed by atoms with van der Waals surface area (Å²) in [5.74, 6) is 0. The molecule has 4 fully saturated rings. The molecule has 114 valence electrons. The smallest absolute Gasteiger partial charge is 0.0723 e. The molecule has 4 aliphatic rings. The Morgan fingerprint density at radius 1 is 1.05 bits per heavy atom. The van der Waals surface area contributed by atoms with Crippen molar-refractivity contribution in [3.05, 3.63) is 0 Å². The highest BCUT2D eigenvalue weighted by Gasteiger charge is 2.48. The Morgan fingerprint density at radius 2 is 1.90 bits per heavy atom. The summed E-state index contributed by atoms with van der Waals surface area (Å²) in [7, 11) is 2.23. The van der Waals surface area contributed by atoms with Crippen molar-refractivity contribution in [3.63, 3.8) is 0 Å². The first-order valence-electron chi connectivity index (χ1n) is 8.33. The van der Waals surface area contributed by atoms with Crippen LogP contribution in [-0.4, -0.2) is 74.5 Å². The van der Waals surface area contributed by atoms with Crippen LogP contribution in [0.3, 0.4) is 0 Å². The van der Waals surface area contributed by atoms with Crippen LogP contribution in [0.4, 0.5) is 0 Å². The Bertz CT molecular complexity index is 359. The second-order valence-electron chi connectivity index (χ2n) is 7.68. The number of hydrogen-bond acceptors (Lipinski definition) is 4. The fourth-order valence-corrected chi connectivity index (χ4v) is 4.68. The molecule has 0 aromatic carbocycles. The van der Waals surface area contributed by atoms with Crippen molar-refractivity contribution in [2.45, 2.75) is 43.7 Å². The number of rotatable bonds is 1. The average molecular weight is 280 g/mol. The summed E-state index contributed by atoms with van der Waals surface area (Å²) >= 11 is 0. The highest BCUT2D eigenvalue weighted by atomic mass is 16.5. The van der Waals surface area contributed by atoms with Crippen molar-refractivity contribution in [2.24, 2.45) is 5.41 Å². The summed E-state index contributed by atoms with van der Waals surface area (Å²) in [6, 6.07) is 0.665. The molecule has 2 atom stereocenters. The molecular weight excluding hydrogens is 252 g/mol. The summed E-state index contributed by atoms with van der Waals surface area (Å²) in [6.07, 6.45) is 6.31. The molecule has 20 heavy (non-hydrogen) atoms. The van der Waals surface area contributed by atoms with E-state index in [4.69, 9.17) is 9.47 Å². The third kappa shape index (κ3) is 2.31. The van der Waals surface area contributed by atoms with E-state index >= 15 is 0 Å². The number of hydrogen-bond donors (Lipinski definition) is 0. The first-order valence-corrected chi connectivity index (χ1v) is 8.33. The first-order chi connectivity index (χ1) is 9.69. The van der Waals surface area contributed by atoms with Gasteiger partial charge in [-0.05, 0) is 45.7 Å². The zero-order valence-corrected chi connectivity index (χ0v) is 12.8. The molecular formula is C16H28N2O2. The van der Waals surface area contributed by atoms with E-state index in [0.29, 0.717) is 11.5 Å². The quantitative estimate of drug-likeness (QED) is 0.724. The number of piperidine rings is 1. The van der Waals surface area contributed by atoms with Gasteiger partial charge in [0.15, 0.2) is 0 Å². The second kappa shape index (κ2) is 4.94. The lowest BCUT2D eigenvalue weighted by molar-refractivity contribution is -0.0397. The van der Waals surface area contributed by atoms with Gasteiger partial charge in [0.05, 0.1) is 18.8 Å². The van der Waals surface area contributed by atoms with Gasteiger partial charge in [0.2, 0.25) is 0 Å². The van der Waals surface area contributed by atoms with Gasteiger partial charge >= 0.3 is 0 Å². The first kappa shape index (κ1) is 13.5. The van der Waals surface area contributed by atoms with E-state index in [1.807, 2.05) is 0 Å². The Balaban J connectivity index is 1.37. The van der Waals surface area contributed by atoms with Crippen LogP contribution < -0.4 is 0 Å². The fraction of sp³-hybridized carbons (Fsp3) is 1.00. The van der Waals surface area contributed by atoms with E-state index in [9.17, 15) is 0 Å². The molecule has 0 N–H and O–H groups in total. The van der Waals surface area contributed by atoms with Gasteiger partial charge in [-0.3, -0.25) is 4.90 Å². The van der Waals surface area contributed by atoms with Crippen LogP contribution in [0.5, 0.6) is 0 Å². The summed E-state index contributed by atoms with van der Waals surface area (Å²) in [4.78, 5) is 5.14. The van der Waals surface area contributed by atoms with Crippen LogP contribution in [0.2, 0.25) is 0 Å². The topological polar surface area (TPSA) is 24.9 Å². The number of ether oxygens (including phenoxy) is 2. The summed E-state index contributed by atoms with van der Waals surface area (Å²) in [5, 5.41) is 0. The lowest BCUT2D eigenvalue weighted by Crippen LogP contribution is -2.43. The normalized spacial score (nSPS) is 42.1. The van der Waals surface area contributed by atoms with Crippen LogP contribution >= 0.6 is 0 Å². The fourth-order valence-electron chi connectivity index (χ4n) is 4.68. The Labute approximate surface area is 122 Å². The molecule has 4 nitrogen and oxygen atoms in total. The second-order valence-corrected chi connectivity index (χ2v) is 7.68. The highest BCUT2D eigenvalue weighted by molar-refractivity contribution is 5.00. The average Bonchev–Trinajstić information content (AvgIpc) is 3.17. The van der Waals surface area contributed by atoms with Crippen molar-refractivity contribution in [2.75, 3.05) is 53.0 Å². The van der Waals surface area contributed by atoms with E-state index < -0.39 is 0 Å². The molecule has 0 aromatic heterocycles. The molecule has 0 radical (unpaired) electrons. The zero-order chi connectivity index (χ0) is 13.6. The lowest BCUT2D eigenvalue weighted by Gasteiger charge is -2.37. The van der Waals surface area contributed by atoms with Gasteiger partial charge < -0.3 is 14.4 Å². The SMILES string of the molecule is CN1CCC2(CC1)CC(N1CCC3(CCOC3)C1)CO2. The van der Waals surface area contributed by atoms with Gasteiger partial charge in [-0.2, -0.15) is 0 Å². The number of nitrogens with zero attached hydrogens (tertiary/aromatic N) is 2. The van der Waals surface area contributed by atoms with Crippen LogP contribution in [0, 0.1) is 5.41 Å². The zero-order valence-electron chi connectivity index (χ0n) is 12.8. The molecule has 0 aliphatic carbocycles. The Hall–Kier alpha value is -0.160. The predicted octanol–water partition coefficient (Wildman–Crippen LogP) is 1.35. The van der Waals surface area contributed by atoms with Crippen molar-refractivity contribution in [1.29, 1.82) is 0 Å². The minimum atomic E-state index is 0.207. The summed E-state index contributed by atoms with van der Waals surface area (Å²) < 4.78 is 12.0. The molecule has 4 heterocycles. The Kier molecular flexibility index (Phi) is 3.33. The molecule has 4 heteroatoms. The van der Waals surface area contributed by atoms with Crippen molar-refractivity contribution in [1.82, 2.24) is 9.80 Å². The third-order valence-electron chi connectivity index (χ3n) is 6.26. The summed E-state index contributed by atoms with van der Waals surface area (Å²) in [5.41, 5.74) is 0.696. The highest BCUT2D eigenvalue weighted by Crippen LogP contribution is 2.43. The standard InChI is InChI=1S/C16H28N2O2/c1-17-6-3-16(4-7-17)10-14(11-20-16)18-8-2-15(12-18)5-9-19-13-15/h14H,2-13H2,1H3. The minimum Gasteiger partial charge on any atom is -0.381 e. The van der Waals surface area contributed by atoms with E-state index in [-0.39, 0.29) is 5.60 Å². The molecule has 0 saturated carbocycles. The Morgan fingerprint density at radius 3 is 2.65 bits per heavy atom. The maximum atomic E-state index is 6.31. The van der Waals surface area contributed by atoms with Gasteiger partial charge in [-0.25, -0.2) is 0 Å².